The normalized spacial score (nSPS) is 12.3. The molecular formula is C21H22ClNO3. The summed E-state index contributed by atoms with van der Waals surface area (Å²) in [5.41, 5.74) is 1.19. The van der Waals surface area contributed by atoms with Crippen molar-refractivity contribution in [1.29, 1.82) is 0 Å². The Morgan fingerprint density at radius 3 is 2.42 bits per heavy atom. The summed E-state index contributed by atoms with van der Waals surface area (Å²) in [4.78, 5) is 2.14. The van der Waals surface area contributed by atoms with Crippen LogP contribution < -0.4 is 4.74 Å². The van der Waals surface area contributed by atoms with Crippen molar-refractivity contribution < 1.29 is 14.3 Å². The Bertz CT molecular complexity index is 760. The maximum atomic E-state index is 10.4. The summed E-state index contributed by atoms with van der Waals surface area (Å²) in [6.07, 6.45) is 1.04. The molecule has 1 atom stereocenters. The van der Waals surface area contributed by atoms with Crippen LogP contribution >= 0.6 is 11.6 Å². The summed E-state index contributed by atoms with van der Waals surface area (Å²) in [7, 11) is 0. The highest BCUT2D eigenvalue weighted by atomic mass is 35.5. The van der Waals surface area contributed by atoms with Crippen molar-refractivity contribution in [2.45, 2.75) is 19.2 Å². The van der Waals surface area contributed by atoms with E-state index in [1.165, 1.54) is 5.56 Å². The molecule has 0 aliphatic rings. The predicted octanol–water partition coefficient (Wildman–Crippen LogP) is 4.38. The minimum atomic E-state index is -0.621. The number of hydrogen-bond acceptors (Lipinski definition) is 4. The molecule has 0 aliphatic carbocycles. The van der Waals surface area contributed by atoms with E-state index in [-0.39, 0.29) is 6.61 Å². The molecule has 0 aliphatic heterocycles. The number of aliphatic hydroxyl groups excluding tert-OH is 1. The van der Waals surface area contributed by atoms with Crippen molar-refractivity contribution in [2.75, 3.05) is 13.2 Å². The zero-order valence-electron chi connectivity index (χ0n) is 14.4. The highest BCUT2D eigenvalue weighted by Gasteiger charge is 2.15. The average Bonchev–Trinajstić information content (AvgIpc) is 3.15. The fraction of sp³-hybridized carbons (Fsp3) is 0.238. The Balaban J connectivity index is 1.57. The number of rotatable bonds is 9. The molecular weight excluding hydrogens is 350 g/mol. The van der Waals surface area contributed by atoms with Crippen LogP contribution in [0.3, 0.4) is 0 Å². The van der Waals surface area contributed by atoms with Crippen molar-refractivity contribution in [3.8, 4) is 5.75 Å². The van der Waals surface area contributed by atoms with Gasteiger partial charge in [0.25, 0.3) is 0 Å². The van der Waals surface area contributed by atoms with Crippen LogP contribution in [0.4, 0.5) is 0 Å². The quantitative estimate of drug-likeness (QED) is 0.606. The minimum absolute atomic E-state index is 0.213. The van der Waals surface area contributed by atoms with Gasteiger partial charge in [-0.05, 0) is 42.0 Å². The van der Waals surface area contributed by atoms with Gasteiger partial charge in [-0.15, -0.1) is 0 Å². The van der Waals surface area contributed by atoms with Crippen LogP contribution in [0.2, 0.25) is 5.02 Å². The van der Waals surface area contributed by atoms with Crippen LogP contribution in [0.1, 0.15) is 11.3 Å². The number of halogens is 1. The Kier molecular flexibility index (Phi) is 6.72. The fourth-order valence-electron chi connectivity index (χ4n) is 2.72. The first kappa shape index (κ1) is 18.5. The molecule has 4 nitrogen and oxygen atoms in total. The lowest BCUT2D eigenvalue weighted by molar-refractivity contribution is 0.0605. The Morgan fingerprint density at radius 2 is 1.73 bits per heavy atom. The Hall–Kier alpha value is -2.27. The van der Waals surface area contributed by atoms with E-state index in [0.717, 1.165) is 12.3 Å². The first-order valence-corrected chi connectivity index (χ1v) is 8.92. The van der Waals surface area contributed by atoms with Crippen LogP contribution in [0.5, 0.6) is 5.75 Å². The molecule has 2 aromatic carbocycles. The van der Waals surface area contributed by atoms with Gasteiger partial charge in [-0.3, -0.25) is 4.90 Å². The molecule has 0 spiro atoms. The SMILES string of the molecule is O[C@H](COc1ccc(Cl)cc1)CN(Cc1ccccc1)Cc1ccco1. The second-order valence-electron chi connectivity index (χ2n) is 6.15. The van der Waals surface area contributed by atoms with Gasteiger partial charge in [-0.2, -0.15) is 0 Å². The lowest BCUT2D eigenvalue weighted by atomic mass is 10.2. The molecule has 0 saturated carbocycles. The topological polar surface area (TPSA) is 45.8 Å². The third-order valence-electron chi connectivity index (χ3n) is 3.93. The third kappa shape index (κ3) is 5.92. The van der Waals surface area contributed by atoms with Gasteiger partial charge in [0.2, 0.25) is 0 Å². The molecule has 0 unspecified atom stereocenters. The molecule has 1 aromatic heterocycles. The van der Waals surface area contributed by atoms with E-state index < -0.39 is 6.10 Å². The maximum Gasteiger partial charge on any atom is 0.119 e. The largest absolute Gasteiger partial charge is 0.491 e. The lowest BCUT2D eigenvalue weighted by Crippen LogP contribution is -2.35. The molecule has 3 aromatic rings. The van der Waals surface area contributed by atoms with Crippen LogP contribution in [-0.2, 0) is 13.1 Å². The van der Waals surface area contributed by atoms with E-state index in [4.69, 9.17) is 20.8 Å². The Morgan fingerprint density at radius 1 is 0.962 bits per heavy atom. The molecule has 3 rings (SSSR count). The second kappa shape index (κ2) is 9.43. The fourth-order valence-corrected chi connectivity index (χ4v) is 2.85. The minimum Gasteiger partial charge on any atom is -0.491 e. The molecule has 26 heavy (non-hydrogen) atoms. The van der Waals surface area contributed by atoms with Crippen LogP contribution in [0.25, 0.3) is 0 Å². The summed E-state index contributed by atoms with van der Waals surface area (Å²) >= 11 is 5.87. The van der Waals surface area contributed by atoms with Gasteiger partial charge < -0.3 is 14.3 Å². The molecule has 0 amide bonds. The second-order valence-corrected chi connectivity index (χ2v) is 6.59. The molecule has 0 radical (unpaired) electrons. The zero-order valence-corrected chi connectivity index (χ0v) is 15.2. The number of furan rings is 1. The third-order valence-corrected chi connectivity index (χ3v) is 4.19. The maximum absolute atomic E-state index is 10.4. The first-order valence-electron chi connectivity index (χ1n) is 8.54. The molecule has 0 fully saturated rings. The van der Waals surface area contributed by atoms with Crippen LogP contribution in [0, 0.1) is 0 Å². The molecule has 136 valence electrons. The highest BCUT2D eigenvalue weighted by molar-refractivity contribution is 6.30. The summed E-state index contributed by atoms with van der Waals surface area (Å²) in [5.74, 6) is 1.56. The van der Waals surface area contributed by atoms with Gasteiger partial charge in [0.05, 0.1) is 12.8 Å². The van der Waals surface area contributed by atoms with E-state index in [1.807, 2.05) is 30.3 Å². The number of aliphatic hydroxyl groups is 1. The summed E-state index contributed by atoms with van der Waals surface area (Å²) in [6, 6.07) is 21.1. The van der Waals surface area contributed by atoms with Gasteiger partial charge in [-0.25, -0.2) is 0 Å². The van der Waals surface area contributed by atoms with E-state index in [2.05, 4.69) is 17.0 Å². The summed E-state index contributed by atoms with van der Waals surface area (Å²) < 4.78 is 11.1. The predicted molar refractivity (Wildman–Crippen MR) is 102 cm³/mol. The van der Waals surface area contributed by atoms with Crippen molar-refractivity contribution in [2.24, 2.45) is 0 Å². The van der Waals surface area contributed by atoms with Crippen LogP contribution in [0.15, 0.2) is 77.4 Å². The average molecular weight is 372 g/mol. The van der Waals surface area contributed by atoms with Crippen molar-refractivity contribution in [3.05, 3.63) is 89.3 Å². The highest BCUT2D eigenvalue weighted by Crippen LogP contribution is 2.16. The van der Waals surface area contributed by atoms with Gasteiger partial charge in [-0.1, -0.05) is 41.9 Å². The summed E-state index contributed by atoms with van der Waals surface area (Å²) in [6.45, 7) is 2.04. The molecule has 1 N–H and O–H groups in total. The van der Waals surface area contributed by atoms with Crippen molar-refractivity contribution in [3.63, 3.8) is 0 Å². The molecule has 0 bridgehead atoms. The van der Waals surface area contributed by atoms with Gasteiger partial charge in [0, 0.05) is 18.1 Å². The van der Waals surface area contributed by atoms with Gasteiger partial charge in [0.1, 0.15) is 24.2 Å². The number of benzene rings is 2. The molecule has 5 heteroatoms. The first-order chi connectivity index (χ1) is 12.7. The summed E-state index contributed by atoms with van der Waals surface area (Å²) in [5, 5.41) is 11.1. The molecule has 1 heterocycles. The van der Waals surface area contributed by atoms with Gasteiger partial charge >= 0.3 is 0 Å². The number of ether oxygens (including phenoxy) is 1. The van der Waals surface area contributed by atoms with E-state index >= 15 is 0 Å². The Labute approximate surface area is 158 Å². The van der Waals surface area contributed by atoms with Crippen LogP contribution in [-0.4, -0.2) is 29.3 Å². The zero-order chi connectivity index (χ0) is 18.2. The van der Waals surface area contributed by atoms with E-state index in [9.17, 15) is 5.11 Å². The van der Waals surface area contributed by atoms with Crippen molar-refractivity contribution >= 4 is 11.6 Å². The number of nitrogens with zero attached hydrogens (tertiary/aromatic N) is 1. The van der Waals surface area contributed by atoms with E-state index in [1.54, 1.807) is 30.5 Å². The lowest BCUT2D eigenvalue weighted by Gasteiger charge is -2.24. The smallest absolute Gasteiger partial charge is 0.119 e. The van der Waals surface area contributed by atoms with Gasteiger partial charge in [0.15, 0.2) is 0 Å². The molecule has 0 saturated heterocycles. The standard InChI is InChI=1S/C21H22ClNO3/c22-18-8-10-20(11-9-18)26-16-19(24)14-23(15-21-7-4-12-25-21)13-17-5-2-1-3-6-17/h1-12,19,24H,13-16H2/t19-/m0/s1. The monoisotopic (exact) mass is 371 g/mol. The van der Waals surface area contributed by atoms with Crippen molar-refractivity contribution in [1.82, 2.24) is 4.90 Å². The number of hydrogen-bond donors (Lipinski definition) is 1. The van der Waals surface area contributed by atoms with E-state index in [0.29, 0.717) is 23.9 Å².